The fourth-order valence-electron chi connectivity index (χ4n) is 3.09. The molecule has 3 rings (SSSR count). The van der Waals surface area contributed by atoms with E-state index >= 15 is 0 Å². The zero-order valence-electron chi connectivity index (χ0n) is 15.1. The summed E-state index contributed by atoms with van der Waals surface area (Å²) in [5.74, 6) is -3.24. The summed E-state index contributed by atoms with van der Waals surface area (Å²) < 4.78 is 78.8. The second-order valence-electron chi connectivity index (χ2n) is 6.48. The second-order valence-corrected chi connectivity index (χ2v) is 10.4. The number of nitrogens with zero attached hydrogens (tertiary/aromatic N) is 1. The summed E-state index contributed by atoms with van der Waals surface area (Å²) in [5, 5.41) is -0.811. The third-order valence-electron chi connectivity index (χ3n) is 4.61. The number of benzene rings is 2. The molecule has 0 aromatic heterocycles. The molecule has 0 saturated carbocycles. The number of amides is 1. The lowest BCUT2D eigenvalue weighted by atomic mass is 10.3. The summed E-state index contributed by atoms with van der Waals surface area (Å²) in [7, 11) is -8.23. The van der Waals surface area contributed by atoms with Gasteiger partial charge in [0.2, 0.25) is 15.9 Å². The van der Waals surface area contributed by atoms with Crippen LogP contribution in [-0.2, 0) is 24.7 Å². The van der Waals surface area contributed by atoms with E-state index in [0.717, 1.165) is 18.2 Å². The lowest BCUT2D eigenvalue weighted by molar-refractivity contribution is -0.128. The molecule has 156 valence electrons. The Morgan fingerprint density at radius 2 is 1.62 bits per heavy atom. The van der Waals surface area contributed by atoms with Crippen LogP contribution in [0.3, 0.4) is 0 Å². The van der Waals surface area contributed by atoms with Crippen molar-refractivity contribution in [3.05, 3.63) is 60.2 Å². The number of halogens is 2. The van der Waals surface area contributed by atoms with Crippen LogP contribution in [0, 0.1) is 11.6 Å². The Bertz CT molecular complexity index is 1100. The van der Waals surface area contributed by atoms with Gasteiger partial charge in [-0.25, -0.2) is 30.3 Å². The lowest BCUT2D eigenvalue weighted by Gasteiger charge is -2.17. The zero-order valence-corrected chi connectivity index (χ0v) is 16.7. The number of sulfone groups is 1. The van der Waals surface area contributed by atoms with Gasteiger partial charge in [-0.3, -0.25) is 4.79 Å². The van der Waals surface area contributed by atoms with Gasteiger partial charge in [0.05, 0.1) is 16.7 Å². The van der Waals surface area contributed by atoms with Crippen molar-refractivity contribution in [2.24, 2.45) is 0 Å². The van der Waals surface area contributed by atoms with Crippen LogP contribution in [0.4, 0.5) is 8.78 Å². The van der Waals surface area contributed by atoms with E-state index in [9.17, 15) is 30.4 Å². The first-order valence-corrected chi connectivity index (χ1v) is 11.7. The third kappa shape index (κ3) is 4.46. The molecule has 1 fully saturated rings. The molecular formula is C18H18F2N2O5S2. The number of nitrogens with one attached hydrogen (secondary N) is 1. The van der Waals surface area contributed by atoms with Crippen molar-refractivity contribution < 1.29 is 30.4 Å². The maximum absolute atomic E-state index is 13.7. The molecule has 11 heteroatoms. The molecular weight excluding hydrogens is 426 g/mol. The minimum atomic E-state index is -4.60. The van der Waals surface area contributed by atoms with Crippen molar-refractivity contribution >= 4 is 25.8 Å². The van der Waals surface area contributed by atoms with Crippen LogP contribution in [0.2, 0.25) is 0 Å². The molecule has 1 saturated heterocycles. The van der Waals surface area contributed by atoms with Crippen molar-refractivity contribution in [1.82, 2.24) is 9.62 Å². The maximum atomic E-state index is 13.7. The van der Waals surface area contributed by atoms with Crippen LogP contribution in [0.15, 0.2) is 58.3 Å². The van der Waals surface area contributed by atoms with Crippen LogP contribution < -0.4 is 4.72 Å². The summed E-state index contributed by atoms with van der Waals surface area (Å²) in [5.41, 5.74) is 0. The van der Waals surface area contributed by atoms with Crippen LogP contribution in [0.25, 0.3) is 0 Å². The van der Waals surface area contributed by atoms with Gasteiger partial charge in [-0.1, -0.05) is 24.3 Å². The fraction of sp³-hybridized carbons (Fsp3) is 0.278. The number of sulfonamides is 1. The number of hydrogen-bond donors (Lipinski definition) is 1. The molecule has 1 heterocycles. The van der Waals surface area contributed by atoms with Crippen LogP contribution in [0.5, 0.6) is 0 Å². The molecule has 1 N–H and O–H groups in total. The number of hydrogen-bond acceptors (Lipinski definition) is 5. The van der Waals surface area contributed by atoms with Crippen molar-refractivity contribution in [3.63, 3.8) is 0 Å². The van der Waals surface area contributed by atoms with E-state index < -0.39 is 54.1 Å². The molecule has 1 amide bonds. The molecule has 7 nitrogen and oxygen atoms in total. The SMILES string of the molecule is O=C(CNS(=O)(=O)c1c(F)cccc1F)N1CCC(S(=O)(=O)c2ccccc2)C1. The largest absolute Gasteiger partial charge is 0.340 e. The van der Waals surface area contributed by atoms with Gasteiger partial charge >= 0.3 is 0 Å². The van der Waals surface area contributed by atoms with Gasteiger partial charge in [0.15, 0.2) is 14.7 Å². The van der Waals surface area contributed by atoms with E-state index in [2.05, 4.69) is 0 Å². The van der Waals surface area contributed by atoms with E-state index in [0.29, 0.717) is 0 Å². The summed E-state index contributed by atoms with van der Waals surface area (Å²) in [6, 6.07) is 10.4. The van der Waals surface area contributed by atoms with Crippen molar-refractivity contribution in [3.8, 4) is 0 Å². The van der Waals surface area contributed by atoms with Gasteiger partial charge in [-0.05, 0) is 30.7 Å². The lowest BCUT2D eigenvalue weighted by Crippen LogP contribution is -2.40. The van der Waals surface area contributed by atoms with E-state index in [4.69, 9.17) is 0 Å². The minimum Gasteiger partial charge on any atom is -0.340 e. The molecule has 1 aliphatic heterocycles. The molecule has 2 aromatic rings. The van der Waals surface area contributed by atoms with Gasteiger partial charge in [0.25, 0.3) is 0 Å². The van der Waals surface area contributed by atoms with Crippen LogP contribution in [0.1, 0.15) is 6.42 Å². The van der Waals surface area contributed by atoms with Crippen molar-refractivity contribution in [2.45, 2.75) is 21.5 Å². The monoisotopic (exact) mass is 444 g/mol. The standard InChI is InChI=1S/C18H18F2N2O5S2/c19-15-7-4-8-16(20)18(15)29(26,27)21-11-17(23)22-10-9-14(12-22)28(24,25)13-5-2-1-3-6-13/h1-8,14,21H,9-12H2. The Morgan fingerprint density at radius 3 is 2.24 bits per heavy atom. The summed E-state index contributed by atoms with van der Waals surface area (Å²) in [4.78, 5) is 12.5. The molecule has 0 aliphatic carbocycles. The quantitative estimate of drug-likeness (QED) is 0.724. The Morgan fingerprint density at radius 1 is 1.00 bits per heavy atom. The fourth-order valence-corrected chi connectivity index (χ4v) is 5.91. The normalized spacial score (nSPS) is 17.4. The molecule has 1 unspecified atom stereocenters. The summed E-state index contributed by atoms with van der Waals surface area (Å²) in [6.07, 6.45) is 0.206. The highest BCUT2D eigenvalue weighted by atomic mass is 32.2. The molecule has 0 radical (unpaired) electrons. The zero-order chi connectivity index (χ0) is 21.2. The first-order valence-electron chi connectivity index (χ1n) is 8.63. The van der Waals surface area contributed by atoms with E-state index in [1.807, 2.05) is 4.72 Å². The van der Waals surface area contributed by atoms with E-state index in [-0.39, 0.29) is 24.4 Å². The smallest absolute Gasteiger partial charge is 0.246 e. The van der Waals surface area contributed by atoms with Gasteiger partial charge in [0.1, 0.15) is 11.6 Å². The Hall–Kier alpha value is -2.37. The maximum Gasteiger partial charge on any atom is 0.246 e. The van der Waals surface area contributed by atoms with E-state index in [1.54, 1.807) is 18.2 Å². The van der Waals surface area contributed by atoms with Crippen molar-refractivity contribution in [2.75, 3.05) is 19.6 Å². The highest BCUT2D eigenvalue weighted by Crippen LogP contribution is 2.24. The van der Waals surface area contributed by atoms with Gasteiger partial charge < -0.3 is 4.90 Å². The minimum absolute atomic E-state index is 0.0914. The molecule has 29 heavy (non-hydrogen) atoms. The van der Waals surface area contributed by atoms with Gasteiger partial charge in [-0.2, -0.15) is 0 Å². The van der Waals surface area contributed by atoms with Gasteiger partial charge in [0, 0.05) is 13.1 Å². The summed E-state index contributed by atoms with van der Waals surface area (Å²) >= 11 is 0. The molecule has 0 bridgehead atoms. The molecule has 1 aliphatic rings. The first-order chi connectivity index (χ1) is 13.6. The molecule has 1 atom stereocenters. The van der Waals surface area contributed by atoms with Gasteiger partial charge in [-0.15, -0.1) is 0 Å². The Balaban J connectivity index is 1.66. The number of carbonyl (C=O) groups is 1. The summed E-state index contributed by atoms with van der Waals surface area (Å²) in [6.45, 7) is -0.703. The van der Waals surface area contributed by atoms with Crippen LogP contribution in [-0.4, -0.2) is 52.5 Å². The average Bonchev–Trinajstić information content (AvgIpc) is 3.18. The number of carbonyl (C=O) groups excluding carboxylic acids is 1. The number of likely N-dealkylation sites (tertiary alicyclic amines) is 1. The number of rotatable bonds is 6. The molecule has 0 spiro atoms. The average molecular weight is 444 g/mol. The van der Waals surface area contributed by atoms with E-state index in [1.165, 1.54) is 17.0 Å². The predicted octanol–water partition coefficient (Wildman–Crippen LogP) is 1.32. The highest BCUT2D eigenvalue weighted by molar-refractivity contribution is 7.92. The second kappa shape index (κ2) is 8.17. The predicted molar refractivity (Wildman–Crippen MR) is 100 cm³/mol. The first kappa shape index (κ1) is 21.3. The Labute approximate surface area is 167 Å². The van der Waals surface area contributed by atoms with Crippen LogP contribution >= 0.6 is 0 Å². The highest BCUT2D eigenvalue weighted by Gasteiger charge is 2.36. The third-order valence-corrected chi connectivity index (χ3v) is 8.25. The van der Waals surface area contributed by atoms with Crippen molar-refractivity contribution in [1.29, 1.82) is 0 Å². The topological polar surface area (TPSA) is 101 Å². The Kier molecular flexibility index (Phi) is 6.01. The molecule has 2 aromatic carbocycles.